The number of carboxylic acid groups (broad SMARTS) is 2. The summed E-state index contributed by atoms with van der Waals surface area (Å²) in [6.45, 7) is 3.11. The quantitative estimate of drug-likeness (QED) is 0.526. The van der Waals surface area contributed by atoms with Crippen LogP contribution in [0.15, 0.2) is 0 Å². The van der Waals surface area contributed by atoms with E-state index in [9.17, 15) is 19.2 Å². The van der Waals surface area contributed by atoms with Crippen molar-refractivity contribution in [3.8, 4) is 0 Å². The zero-order valence-electron chi connectivity index (χ0n) is 11.8. The van der Waals surface area contributed by atoms with Gasteiger partial charge in [0.05, 0.1) is 0 Å². The number of aliphatic carboxylic acids is 1. The predicted octanol–water partition coefficient (Wildman–Crippen LogP) is -0.777. The van der Waals surface area contributed by atoms with Crippen molar-refractivity contribution >= 4 is 23.9 Å². The highest BCUT2D eigenvalue weighted by Crippen LogP contribution is 2.18. The maximum absolute atomic E-state index is 12.2. The Morgan fingerprint density at radius 1 is 1.10 bits per heavy atom. The second-order valence-corrected chi connectivity index (χ2v) is 4.93. The molecule has 0 unspecified atom stereocenters. The maximum Gasteiger partial charge on any atom is 0.405 e. The van der Waals surface area contributed by atoms with Gasteiger partial charge >= 0.3 is 12.1 Å². The zero-order valence-corrected chi connectivity index (χ0v) is 11.8. The van der Waals surface area contributed by atoms with Crippen LogP contribution in [0.4, 0.5) is 4.79 Å². The fourth-order valence-electron chi connectivity index (χ4n) is 2.19. The van der Waals surface area contributed by atoms with E-state index in [-0.39, 0.29) is 0 Å². The van der Waals surface area contributed by atoms with Crippen LogP contribution in [0.2, 0.25) is 0 Å². The van der Waals surface area contributed by atoms with Crippen LogP contribution in [0, 0.1) is 0 Å². The standard InChI is InChI=1S/C12H19N3O6/c1-6(14-12(20)21)9(16)13-7(2)10(17)15-5-3-4-8(15)11(18)19/h6-8,14H,3-5H2,1-2H3,(H,13,16)(H,18,19)(H,20,21)/t6-,7-,8-/m0/s1. The van der Waals surface area contributed by atoms with Crippen LogP contribution in [-0.4, -0.2) is 63.7 Å². The van der Waals surface area contributed by atoms with Gasteiger partial charge in [-0.1, -0.05) is 0 Å². The minimum Gasteiger partial charge on any atom is -0.480 e. The van der Waals surface area contributed by atoms with Crippen molar-refractivity contribution in [2.24, 2.45) is 0 Å². The summed E-state index contributed by atoms with van der Waals surface area (Å²) >= 11 is 0. The van der Waals surface area contributed by atoms with Crippen molar-refractivity contribution in [2.75, 3.05) is 6.54 Å². The summed E-state index contributed by atoms with van der Waals surface area (Å²) in [7, 11) is 0. The third-order valence-electron chi connectivity index (χ3n) is 3.28. The average molecular weight is 301 g/mol. The Hall–Kier alpha value is -2.32. The van der Waals surface area contributed by atoms with E-state index < -0.39 is 42.0 Å². The van der Waals surface area contributed by atoms with Gasteiger partial charge in [0.25, 0.3) is 0 Å². The van der Waals surface area contributed by atoms with Gasteiger partial charge < -0.3 is 25.7 Å². The molecule has 0 aromatic carbocycles. The van der Waals surface area contributed by atoms with Crippen molar-refractivity contribution in [3.63, 3.8) is 0 Å². The van der Waals surface area contributed by atoms with E-state index >= 15 is 0 Å². The molecule has 0 aromatic rings. The first-order chi connectivity index (χ1) is 9.73. The fourth-order valence-corrected chi connectivity index (χ4v) is 2.19. The molecule has 0 radical (unpaired) electrons. The highest BCUT2D eigenvalue weighted by Gasteiger charge is 2.36. The number of carboxylic acids is 1. The minimum atomic E-state index is -1.35. The molecule has 1 saturated heterocycles. The number of hydrogen-bond acceptors (Lipinski definition) is 4. The van der Waals surface area contributed by atoms with Gasteiger partial charge in [0, 0.05) is 6.54 Å². The molecule has 0 aromatic heterocycles. The number of likely N-dealkylation sites (tertiary alicyclic amines) is 1. The van der Waals surface area contributed by atoms with Crippen LogP contribution in [0.25, 0.3) is 0 Å². The third kappa shape index (κ3) is 4.33. The van der Waals surface area contributed by atoms with E-state index in [0.717, 1.165) is 0 Å². The molecular weight excluding hydrogens is 282 g/mol. The predicted molar refractivity (Wildman–Crippen MR) is 70.6 cm³/mol. The third-order valence-corrected chi connectivity index (χ3v) is 3.28. The number of nitrogens with one attached hydrogen (secondary N) is 2. The van der Waals surface area contributed by atoms with Gasteiger partial charge in [-0.25, -0.2) is 9.59 Å². The van der Waals surface area contributed by atoms with Crippen LogP contribution in [0.5, 0.6) is 0 Å². The molecule has 1 rings (SSSR count). The van der Waals surface area contributed by atoms with Crippen molar-refractivity contribution in [3.05, 3.63) is 0 Å². The van der Waals surface area contributed by atoms with Crippen LogP contribution >= 0.6 is 0 Å². The molecule has 118 valence electrons. The Kier molecular flexibility index (Phi) is 5.51. The molecule has 1 heterocycles. The van der Waals surface area contributed by atoms with Crippen LogP contribution in [0.3, 0.4) is 0 Å². The minimum absolute atomic E-state index is 0.332. The lowest BCUT2D eigenvalue weighted by Gasteiger charge is -2.26. The van der Waals surface area contributed by atoms with Crippen LogP contribution < -0.4 is 10.6 Å². The van der Waals surface area contributed by atoms with Crippen molar-refractivity contribution in [1.82, 2.24) is 15.5 Å². The Bertz CT molecular complexity index is 452. The Balaban J connectivity index is 2.60. The smallest absolute Gasteiger partial charge is 0.405 e. The second-order valence-electron chi connectivity index (χ2n) is 4.93. The molecule has 1 fully saturated rings. The summed E-state index contributed by atoms with van der Waals surface area (Å²) in [5.74, 6) is -2.21. The molecule has 1 aliphatic rings. The molecule has 0 saturated carbocycles. The summed E-state index contributed by atoms with van der Waals surface area (Å²) < 4.78 is 0. The summed E-state index contributed by atoms with van der Waals surface area (Å²) in [6.07, 6.45) is -0.360. The zero-order chi connectivity index (χ0) is 16.2. The first-order valence-corrected chi connectivity index (χ1v) is 6.57. The molecule has 21 heavy (non-hydrogen) atoms. The maximum atomic E-state index is 12.2. The van der Waals surface area contributed by atoms with Crippen molar-refractivity contribution in [1.29, 1.82) is 0 Å². The fraction of sp³-hybridized carbons (Fsp3) is 0.667. The summed E-state index contributed by atoms with van der Waals surface area (Å²) in [5, 5.41) is 21.9. The van der Waals surface area contributed by atoms with E-state index in [1.165, 1.54) is 18.7 Å². The largest absolute Gasteiger partial charge is 0.480 e. The molecule has 3 amide bonds. The molecule has 1 aliphatic heterocycles. The first kappa shape index (κ1) is 16.7. The SMILES string of the molecule is C[C@H](NC(=O)O)C(=O)N[C@@H](C)C(=O)N1CCC[C@H]1C(=O)O. The molecule has 4 N–H and O–H groups in total. The van der Waals surface area contributed by atoms with Gasteiger partial charge in [-0.15, -0.1) is 0 Å². The van der Waals surface area contributed by atoms with Crippen LogP contribution in [0.1, 0.15) is 26.7 Å². The molecular formula is C12H19N3O6. The normalized spacial score (nSPS) is 20.5. The number of amides is 3. The summed E-state index contributed by atoms with van der Waals surface area (Å²) in [4.78, 5) is 46.5. The molecule has 0 spiro atoms. The van der Waals surface area contributed by atoms with Gasteiger partial charge in [-0.05, 0) is 26.7 Å². The van der Waals surface area contributed by atoms with Crippen LogP contribution in [-0.2, 0) is 14.4 Å². The number of hydrogen-bond donors (Lipinski definition) is 4. The van der Waals surface area contributed by atoms with E-state index in [0.29, 0.717) is 19.4 Å². The van der Waals surface area contributed by atoms with E-state index in [1.807, 2.05) is 5.32 Å². The number of carbonyl (C=O) groups excluding carboxylic acids is 2. The lowest BCUT2D eigenvalue weighted by molar-refractivity contribution is -0.149. The van der Waals surface area contributed by atoms with E-state index in [2.05, 4.69) is 5.32 Å². The topological polar surface area (TPSA) is 136 Å². The summed E-state index contributed by atoms with van der Waals surface area (Å²) in [6, 6.07) is -2.80. The summed E-state index contributed by atoms with van der Waals surface area (Å²) in [5.41, 5.74) is 0. The lowest BCUT2D eigenvalue weighted by Crippen LogP contribution is -2.54. The van der Waals surface area contributed by atoms with E-state index in [4.69, 9.17) is 10.2 Å². The Labute approximate surface area is 121 Å². The monoisotopic (exact) mass is 301 g/mol. The van der Waals surface area contributed by atoms with Gasteiger partial charge in [0.2, 0.25) is 11.8 Å². The molecule has 3 atom stereocenters. The van der Waals surface area contributed by atoms with E-state index in [1.54, 1.807) is 0 Å². The lowest BCUT2D eigenvalue weighted by atomic mass is 10.2. The van der Waals surface area contributed by atoms with Gasteiger partial charge in [0.15, 0.2) is 0 Å². The number of rotatable bonds is 5. The number of nitrogens with zero attached hydrogens (tertiary/aromatic N) is 1. The molecule has 9 heteroatoms. The molecule has 0 aliphatic carbocycles. The highest BCUT2D eigenvalue weighted by molar-refractivity contribution is 5.92. The molecule has 9 nitrogen and oxygen atoms in total. The Morgan fingerprint density at radius 2 is 1.71 bits per heavy atom. The molecule has 0 bridgehead atoms. The number of carbonyl (C=O) groups is 4. The van der Waals surface area contributed by atoms with Gasteiger partial charge in [0.1, 0.15) is 18.1 Å². The van der Waals surface area contributed by atoms with Gasteiger partial charge in [-0.3, -0.25) is 9.59 Å². The van der Waals surface area contributed by atoms with Crippen molar-refractivity contribution in [2.45, 2.75) is 44.8 Å². The van der Waals surface area contributed by atoms with Gasteiger partial charge in [-0.2, -0.15) is 0 Å². The first-order valence-electron chi connectivity index (χ1n) is 6.57. The average Bonchev–Trinajstić information content (AvgIpc) is 2.85. The Morgan fingerprint density at radius 3 is 2.24 bits per heavy atom. The second kappa shape index (κ2) is 6.91. The van der Waals surface area contributed by atoms with Crippen molar-refractivity contribution < 1.29 is 29.4 Å². The highest BCUT2D eigenvalue weighted by atomic mass is 16.4.